The highest BCUT2D eigenvalue weighted by Gasteiger charge is 2.38. The van der Waals surface area contributed by atoms with Gasteiger partial charge in [0, 0.05) is 5.41 Å². The number of fused-ring (bicyclic) bond motifs is 1. The number of ether oxygens (including phenoxy) is 2. The molecule has 2 heteroatoms. The van der Waals surface area contributed by atoms with Crippen molar-refractivity contribution in [2.45, 2.75) is 19.3 Å². The fourth-order valence-electron chi connectivity index (χ4n) is 4.15. The highest BCUT2D eigenvalue weighted by atomic mass is 16.5. The van der Waals surface area contributed by atoms with Gasteiger partial charge in [0.2, 0.25) is 0 Å². The number of benzene rings is 3. The second-order valence-electron chi connectivity index (χ2n) is 7.38. The standard InChI is InChI=1S/C25H24O2/c1-25(2)22-8-6-5-7-21(22)23(17-9-13-19(26-3)14-10-17)24(25)18-11-15-20(27-4)16-12-18/h5-16H,1-4H3. The predicted octanol–water partition coefficient (Wildman–Crippen LogP) is 5.95. The lowest BCUT2D eigenvalue weighted by molar-refractivity contribution is 0.414. The minimum Gasteiger partial charge on any atom is -0.497 e. The molecule has 0 saturated heterocycles. The zero-order chi connectivity index (χ0) is 19.0. The maximum Gasteiger partial charge on any atom is 0.118 e. The van der Waals surface area contributed by atoms with E-state index in [-0.39, 0.29) is 5.41 Å². The molecule has 136 valence electrons. The summed E-state index contributed by atoms with van der Waals surface area (Å²) in [6.07, 6.45) is 0. The maximum absolute atomic E-state index is 5.35. The first-order chi connectivity index (χ1) is 13.1. The van der Waals surface area contributed by atoms with Crippen molar-refractivity contribution in [3.8, 4) is 11.5 Å². The highest BCUT2D eigenvalue weighted by molar-refractivity contribution is 6.07. The minimum absolute atomic E-state index is 0.0829. The molecule has 0 atom stereocenters. The van der Waals surface area contributed by atoms with Gasteiger partial charge in [0.15, 0.2) is 0 Å². The molecule has 0 unspecified atom stereocenters. The van der Waals surface area contributed by atoms with Crippen LogP contribution in [-0.2, 0) is 5.41 Å². The van der Waals surface area contributed by atoms with E-state index in [1.54, 1.807) is 14.2 Å². The fraction of sp³-hybridized carbons (Fsp3) is 0.200. The quantitative estimate of drug-likeness (QED) is 0.575. The molecule has 0 radical (unpaired) electrons. The van der Waals surface area contributed by atoms with Gasteiger partial charge in [-0.25, -0.2) is 0 Å². The maximum atomic E-state index is 5.35. The number of rotatable bonds is 4. The Hall–Kier alpha value is -3.00. The molecule has 0 saturated carbocycles. The highest BCUT2D eigenvalue weighted by Crippen LogP contribution is 2.53. The van der Waals surface area contributed by atoms with Crippen molar-refractivity contribution >= 4 is 11.1 Å². The Kier molecular flexibility index (Phi) is 4.27. The summed E-state index contributed by atoms with van der Waals surface area (Å²) in [5, 5.41) is 0. The molecule has 0 fully saturated rings. The van der Waals surface area contributed by atoms with Gasteiger partial charge in [-0.3, -0.25) is 0 Å². The molecule has 1 aliphatic carbocycles. The van der Waals surface area contributed by atoms with Crippen LogP contribution in [0.25, 0.3) is 11.1 Å². The molecule has 2 nitrogen and oxygen atoms in total. The zero-order valence-electron chi connectivity index (χ0n) is 16.2. The summed E-state index contributed by atoms with van der Waals surface area (Å²) in [6, 6.07) is 25.5. The third-order valence-electron chi connectivity index (χ3n) is 5.50. The van der Waals surface area contributed by atoms with Gasteiger partial charge in [-0.1, -0.05) is 62.4 Å². The summed E-state index contributed by atoms with van der Waals surface area (Å²) in [4.78, 5) is 0. The second-order valence-corrected chi connectivity index (χ2v) is 7.38. The molecule has 0 N–H and O–H groups in total. The summed E-state index contributed by atoms with van der Waals surface area (Å²) in [5.41, 5.74) is 7.66. The van der Waals surface area contributed by atoms with Crippen LogP contribution < -0.4 is 9.47 Å². The molecule has 4 rings (SSSR count). The molecule has 0 bridgehead atoms. The van der Waals surface area contributed by atoms with Gasteiger partial charge in [0.1, 0.15) is 11.5 Å². The van der Waals surface area contributed by atoms with Gasteiger partial charge in [-0.2, -0.15) is 0 Å². The molecular weight excluding hydrogens is 332 g/mol. The Morgan fingerprint density at radius 2 is 1.15 bits per heavy atom. The van der Waals surface area contributed by atoms with Gasteiger partial charge in [0.05, 0.1) is 14.2 Å². The van der Waals surface area contributed by atoms with Crippen LogP contribution >= 0.6 is 0 Å². The first-order valence-electron chi connectivity index (χ1n) is 9.19. The van der Waals surface area contributed by atoms with Crippen LogP contribution in [0.4, 0.5) is 0 Å². The van der Waals surface area contributed by atoms with Gasteiger partial charge in [0.25, 0.3) is 0 Å². The van der Waals surface area contributed by atoms with Crippen molar-refractivity contribution < 1.29 is 9.47 Å². The summed E-state index contributed by atoms with van der Waals surface area (Å²) in [7, 11) is 3.40. The van der Waals surface area contributed by atoms with Crippen molar-refractivity contribution in [2.24, 2.45) is 0 Å². The normalized spacial score (nSPS) is 14.8. The number of methoxy groups -OCH3 is 2. The average molecular weight is 356 g/mol. The lowest BCUT2D eigenvalue weighted by atomic mass is 9.78. The van der Waals surface area contributed by atoms with Gasteiger partial charge in [-0.15, -0.1) is 0 Å². The van der Waals surface area contributed by atoms with Crippen molar-refractivity contribution in [3.63, 3.8) is 0 Å². The molecule has 0 heterocycles. The predicted molar refractivity (Wildman–Crippen MR) is 111 cm³/mol. The van der Waals surface area contributed by atoms with Crippen molar-refractivity contribution in [1.82, 2.24) is 0 Å². The first kappa shape index (κ1) is 17.4. The van der Waals surface area contributed by atoms with Crippen LogP contribution in [0, 0.1) is 0 Å². The monoisotopic (exact) mass is 356 g/mol. The van der Waals surface area contributed by atoms with E-state index in [4.69, 9.17) is 9.47 Å². The molecule has 0 aliphatic heterocycles. The number of hydrogen-bond donors (Lipinski definition) is 0. The summed E-state index contributed by atoms with van der Waals surface area (Å²) in [6.45, 7) is 4.61. The van der Waals surface area contributed by atoms with E-state index in [1.807, 2.05) is 24.3 Å². The Morgan fingerprint density at radius 1 is 0.630 bits per heavy atom. The van der Waals surface area contributed by atoms with E-state index in [0.29, 0.717) is 0 Å². The Labute approximate surface area is 161 Å². The molecule has 0 amide bonds. The van der Waals surface area contributed by atoms with Crippen LogP contribution in [0.5, 0.6) is 11.5 Å². The van der Waals surface area contributed by atoms with Crippen LogP contribution in [-0.4, -0.2) is 14.2 Å². The smallest absolute Gasteiger partial charge is 0.118 e. The summed E-state index contributed by atoms with van der Waals surface area (Å²) < 4.78 is 10.7. The van der Waals surface area contributed by atoms with E-state index < -0.39 is 0 Å². The third-order valence-corrected chi connectivity index (χ3v) is 5.50. The molecule has 1 aliphatic rings. The van der Waals surface area contributed by atoms with Gasteiger partial charge in [-0.05, 0) is 57.7 Å². The Morgan fingerprint density at radius 3 is 1.70 bits per heavy atom. The van der Waals surface area contributed by atoms with Crippen molar-refractivity contribution in [2.75, 3.05) is 14.2 Å². The summed E-state index contributed by atoms with van der Waals surface area (Å²) in [5.74, 6) is 1.74. The Balaban J connectivity index is 1.98. The molecule has 0 aromatic heterocycles. The van der Waals surface area contributed by atoms with Crippen LogP contribution in [0.3, 0.4) is 0 Å². The Bertz CT molecular complexity index is 993. The molecule has 3 aromatic rings. The van der Waals surface area contributed by atoms with Gasteiger partial charge < -0.3 is 9.47 Å². The number of allylic oxidation sites excluding steroid dienone is 1. The number of hydrogen-bond acceptors (Lipinski definition) is 2. The molecule has 3 aromatic carbocycles. The van der Waals surface area contributed by atoms with Crippen LogP contribution in [0.2, 0.25) is 0 Å². The topological polar surface area (TPSA) is 18.5 Å². The second kappa shape index (κ2) is 6.62. The van der Waals surface area contributed by atoms with E-state index in [1.165, 1.54) is 33.4 Å². The van der Waals surface area contributed by atoms with E-state index in [9.17, 15) is 0 Å². The van der Waals surface area contributed by atoms with E-state index in [0.717, 1.165) is 11.5 Å². The minimum atomic E-state index is -0.0829. The van der Waals surface area contributed by atoms with E-state index in [2.05, 4.69) is 62.4 Å². The fourth-order valence-corrected chi connectivity index (χ4v) is 4.15. The largest absolute Gasteiger partial charge is 0.497 e. The molecule has 27 heavy (non-hydrogen) atoms. The van der Waals surface area contributed by atoms with Crippen LogP contribution in [0.1, 0.15) is 36.1 Å². The van der Waals surface area contributed by atoms with Crippen molar-refractivity contribution in [1.29, 1.82) is 0 Å². The molecule has 0 spiro atoms. The molecular formula is C25H24O2. The van der Waals surface area contributed by atoms with Gasteiger partial charge >= 0.3 is 0 Å². The lowest BCUT2D eigenvalue weighted by Crippen LogP contribution is -2.16. The first-order valence-corrected chi connectivity index (χ1v) is 9.19. The SMILES string of the molecule is COc1ccc(C2=C(c3ccc(OC)cc3)C(C)(C)c3ccccc32)cc1. The lowest BCUT2D eigenvalue weighted by Gasteiger charge is -2.25. The van der Waals surface area contributed by atoms with Crippen LogP contribution in [0.15, 0.2) is 72.8 Å². The summed E-state index contributed by atoms with van der Waals surface area (Å²) >= 11 is 0. The van der Waals surface area contributed by atoms with Crippen molar-refractivity contribution in [3.05, 3.63) is 95.1 Å². The third kappa shape index (κ3) is 2.82. The zero-order valence-corrected chi connectivity index (χ0v) is 16.2. The van der Waals surface area contributed by atoms with E-state index >= 15 is 0 Å². The average Bonchev–Trinajstić information content (AvgIpc) is 2.95.